The van der Waals surface area contributed by atoms with Crippen LogP contribution < -0.4 is 5.43 Å². The molecule has 0 aliphatic heterocycles. The molecule has 4 nitrogen and oxygen atoms in total. The number of hydrogen-bond acceptors (Lipinski definition) is 3. The molecule has 22 heavy (non-hydrogen) atoms. The minimum absolute atomic E-state index is 0.00703. The number of H-pyrrole nitrogens is 2. The molecule has 2 aromatic heterocycles. The van der Waals surface area contributed by atoms with Crippen molar-refractivity contribution in [1.82, 2.24) is 15.0 Å². The van der Waals surface area contributed by atoms with E-state index in [-0.39, 0.29) is 5.43 Å². The van der Waals surface area contributed by atoms with Gasteiger partial charge in [0.25, 0.3) is 0 Å². The van der Waals surface area contributed by atoms with Crippen LogP contribution in [0.15, 0.2) is 63.5 Å². The van der Waals surface area contributed by atoms with E-state index in [0.29, 0.717) is 10.4 Å². The molecule has 4 rings (SSSR count). The predicted molar refractivity (Wildman–Crippen MR) is 89.8 cm³/mol. The van der Waals surface area contributed by atoms with Crippen LogP contribution in [0, 0.1) is 0 Å². The number of nitrogens with zero attached hydrogens (tertiary/aromatic N) is 1. The van der Waals surface area contributed by atoms with Crippen molar-refractivity contribution in [2.24, 2.45) is 0 Å². The van der Waals surface area contributed by atoms with E-state index in [0.717, 1.165) is 26.6 Å². The van der Waals surface area contributed by atoms with Crippen molar-refractivity contribution in [3.63, 3.8) is 0 Å². The maximum absolute atomic E-state index is 11.9. The Morgan fingerprint density at radius 2 is 2.05 bits per heavy atom. The largest absolute Gasteiger partial charge is 0.360 e. The molecule has 0 atom stereocenters. The Morgan fingerprint density at radius 3 is 2.95 bits per heavy atom. The van der Waals surface area contributed by atoms with Gasteiger partial charge in [-0.05, 0) is 42.1 Å². The molecule has 2 N–H and O–H groups in total. The molecule has 0 unspecified atom stereocenters. The topological polar surface area (TPSA) is 61.5 Å². The van der Waals surface area contributed by atoms with Gasteiger partial charge >= 0.3 is 0 Å². The minimum Gasteiger partial charge on any atom is -0.360 e. The molecular weight excluding hydrogens is 318 g/mol. The lowest BCUT2D eigenvalue weighted by Crippen LogP contribution is -2.00. The van der Waals surface area contributed by atoms with E-state index in [1.54, 1.807) is 6.20 Å². The van der Waals surface area contributed by atoms with E-state index in [4.69, 9.17) is 11.6 Å². The maximum atomic E-state index is 11.9. The van der Waals surface area contributed by atoms with Gasteiger partial charge in [-0.3, -0.25) is 4.79 Å². The van der Waals surface area contributed by atoms with Gasteiger partial charge in [0.05, 0.1) is 16.6 Å². The van der Waals surface area contributed by atoms with Crippen molar-refractivity contribution >= 4 is 45.3 Å². The van der Waals surface area contributed by atoms with Crippen LogP contribution in [-0.2, 0) is 0 Å². The summed E-state index contributed by atoms with van der Waals surface area (Å²) in [5, 5.41) is 2.09. The fraction of sp³-hybridized carbons (Fsp3) is 0. The van der Waals surface area contributed by atoms with Crippen molar-refractivity contribution in [2.75, 3.05) is 0 Å². The Kier molecular flexibility index (Phi) is 3.17. The zero-order chi connectivity index (χ0) is 15.1. The fourth-order valence-electron chi connectivity index (χ4n) is 2.37. The average molecular weight is 328 g/mol. The summed E-state index contributed by atoms with van der Waals surface area (Å²) < 4.78 is 0. The van der Waals surface area contributed by atoms with Gasteiger partial charge in [-0.1, -0.05) is 17.7 Å². The number of aromatic nitrogens is 3. The van der Waals surface area contributed by atoms with Gasteiger partial charge in [0.15, 0.2) is 10.6 Å². The second kappa shape index (κ2) is 5.19. The second-order valence-corrected chi connectivity index (χ2v) is 6.29. The summed E-state index contributed by atoms with van der Waals surface area (Å²) in [5.74, 6) is 0. The van der Waals surface area contributed by atoms with Gasteiger partial charge < -0.3 is 9.97 Å². The van der Waals surface area contributed by atoms with Gasteiger partial charge in [-0.25, -0.2) is 4.98 Å². The number of nitrogens with one attached hydrogen (secondary N) is 2. The highest BCUT2D eigenvalue weighted by Gasteiger charge is 2.09. The van der Waals surface area contributed by atoms with E-state index in [9.17, 15) is 4.79 Å². The number of benzene rings is 2. The summed E-state index contributed by atoms with van der Waals surface area (Å²) in [7, 11) is 0. The molecule has 0 radical (unpaired) electrons. The molecule has 2 heterocycles. The number of halogens is 1. The number of imidazole rings is 1. The lowest BCUT2D eigenvalue weighted by molar-refractivity contribution is 1.08. The van der Waals surface area contributed by atoms with E-state index in [1.165, 1.54) is 17.8 Å². The molecule has 4 aromatic rings. The van der Waals surface area contributed by atoms with Gasteiger partial charge in [0, 0.05) is 27.6 Å². The van der Waals surface area contributed by atoms with Crippen LogP contribution in [-0.4, -0.2) is 15.0 Å². The predicted octanol–water partition coefficient (Wildman–Crippen LogP) is 4.21. The van der Waals surface area contributed by atoms with E-state index in [2.05, 4.69) is 15.0 Å². The average Bonchev–Trinajstić information content (AvgIpc) is 2.90. The molecule has 0 amide bonds. The minimum atomic E-state index is 0.00703. The molecule has 108 valence electrons. The first-order chi connectivity index (χ1) is 10.7. The molecule has 0 bridgehead atoms. The third-order valence-electron chi connectivity index (χ3n) is 3.38. The Bertz CT molecular complexity index is 1050. The van der Waals surface area contributed by atoms with E-state index >= 15 is 0 Å². The zero-order valence-corrected chi connectivity index (χ0v) is 12.8. The van der Waals surface area contributed by atoms with Gasteiger partial charge in [0.2, 0.25) is 0 Å². The summed E-state index contributed by atoms with van der Waals surface area (Å²) in [5.41, 5.74) is 2.58. The monoisotopic (exact) mass is 327 g/mol. The molecule has 0 fully saturated rings. The zero-order valence-electron chi connectivity index (χ0n) is 11.3. The number of fused-ring (bicyclic) bond motifs is 2. The Balaban J connectivity index is 1.82. The SMILES string of the molecule is O=c1cc[nH]c2c(Sc3nc4cc(Cl)ccc4[nH]3)cccc12. The number of rotatable bonds is 2. The van der Waals surface area contributed by atoms with Crippen LogP contribution in [0.1, 0.15) is 0 Å². The summed E-state index contributed by atoms with van der Waals surface area (Å²) >= 11 is 7.46. The van der Waals surface area contributed by atoms with Crippen LogP contribution in [0.5, 0.6) is 0 Å². The smallest absolute Gasteiger partial charge is 0.189 e. The van der Waals surface area contributed by atoms with Gasteiger partial charge in [-0.2, -0.15) is 0 Å². The molecule has 2 aromatic carbocycles. The van der Waals surface area contributed by atoms with Crippen LogP contribution >= 0.6 is 23.4 Å². The summed E-state index contributed by atoms with van der Waals surface area (Å²) in [6, 6.07) is 12.7. The Hall–Kier alpha value is -2.24. The van der Waals surface area contributed by atoms with E-state index in [1.807, 2.05) is 36.4 Å². The first kappa shape index (κ1) is 13.4. The number of hydrogen-bond donors (Lipinski definition) is 2. The van der Waals surface area contributed by atoms with Crippen LogP contribution in [0.2, 0.25) is 5.02 Å². The van der Waals surface area contributed by atoms with Gasteiger partial charge in [-0.15, -0.1) is 0 Å². The summed E-state index contributed by atoms with van der Waals surface area (Å²) in [6.07, 6.45) is 1.66. The van der Waals surface area contributed by atoms with Crippen LogP contribution in [0.4, 0.5) is 0 Å². The highest BCUT2D eigenvalue weighted by molar-refractivity contribution is 7.99. The van der Waals surface area contributed by atoms with E-state index < -0.39 is 0 Å². The van der Waals surface area contributed by atoms with Crippen LogP contribution in [0.3, 0.4) is 0 Å². The standard InChI is InChI=1S/C16H10ClN3OS/c17-9-4-5-11-12(8-9)20-16(19-11)22-14-3-1-2-10-13(21)6-7-18-15(10)14/h1-8H,(H,18,21)(H,19,20). The Morgan fingerprint density at radius 1 is 1.14 bits per heavy atom. The fourth-order valence-corrected chi connectivity index (χ4v) is 3.47. The lowest BCUT2D eigenvalue weighted by Gasteiger charge is -2.03. The third kappa shape index (κ3) is 2.28. The molecule has 6 heteroatoms. The second-order valence-electron chi connectivity index (χ2n) is 4.83. The summed E-state index contributed by atoms with van der Waals surface area (Å²) in [4.78, 5) is 23.8. The third-order valence-corrected chi connectivity index (χ3v) is 4.57. The number of para-hydroxylation sites is 1. The highest BCUT2D eigenvalue weighted by Crippen LogP contribution is 2.31. The molecule has 0 aliphatic rings. The van der Waals surface area contributed by atoms with Crippen molar-refractivity contribution in [3.8, 4) is 0 Å². The first-order valence-corrected chi connectivity index (χ1v) is 7.84. The molecular formula is C16H10ClN3OS. The quantitative estimate of drug-likeness (QED) is 0.579. The number of pyridine rings is 1. The first-order valence-electron chi connectivity index (χ1n) is 6.64. The van der Waals surface area contributed by atoms with Gasteiger partial charge in [0.1, 0.15) is 0 Å². The normalized spacial score (nSPS) is 11.3. The maximum Gasteiger partial charge on any atom is 0.189 e. The van der Waals surface area contributed by atoms with Crippen molar-refractivity contribution in [3.05, 3.63) is 63.9 Å². The van der Waals surface area contributed by atoms with Crippen molar-refractivity contribution in [1.29, 1.82) is 0 Å². The Labute approximate surface area is 134 Å². The molecule has 0 saturated carbocycles. The lowest BCUT2D eigenvalue weighted by atomic mass is 10.2. The summed E-state index contributed by atoms with van der Waals surface area (Å²) in [6.45, 7) is 0. The molecule has 0 aliphatic carbocycles. The number of aromatic amines is 2. The van der Waals surface area contributed by atoms with Crippen molar-refractivity contribution in [2.45, 2.75) is 10.1 Å². The van der Waals surface area contributed by atoms with Crippen molar-refractivity contribution < 1.29 is 0 Å². The molecule has 0 saturated heterocycles. The van der Waals surface area contributed by atoms with Crippen LogP contribution in [0.25, 0.3) is 21.9 Å². The highest BCUT2D eigenvalue weighted by atomic mass is 35.5. The molecule has 0 spiro atoms.